The van der Waals surface area contributed by atoms with E-state index in [0.29, 0.717) is 3.79 Å². The van der Waals surface area contributed by atoms with Crippen molar-refractivity contribution >= 4 is 43.3 Å². The third-order valence-electron chi connectivity index (χ3n) is 2.46. The number of aliphatic carboxylic acids is 1. The maximum atomic E-state index is 12.8. The Morgan fingerprint density at radius 1 is 1.45 bits per heavy atom. The van der Waals surface area contributed by atoms with Crippen LogP contribution in [-0.4, -0.2) is 31.2 Å². The van der Waals surface area contributed by atoms with Gasteiger partial charge < -0.3 is 5.11 Å². The lowest BCUT2D eigenvalue weighted by Gasteiger charge is -2.28. The minimum atomic E-state index is -5.28. The highest BCUT2D eigenvalue weighted by Gasteiger charge is 2.59. The van der Waals surface area contributed by atoms with E-state index in [0.717, 1.165) is 17.4 Å². The number of carboxylic acids is 1. The first-order chi connectivity index (χ1) is 8.81. The van der Waals surface area contributed by atoms with Crippen LogP contribution in [0.4, 0.5) is 13.2 Å². The van der Waals surface area contributed by atoms with Crippen LogP contribution in [0, 0.1) is 6.92 Å². The Labute approximate surface area is 125 Å². The Hall–Kier alpha value is -0.650. The van der Waals surface area contributed by atoms with E-state index in [2.05, 4.69) is 15.9 Å². The largest absolute Gasteiger partial charge is 0.480 e. The van der Waals surface area contributed by atoms with E-state index < -0.39 is 32.6 Å². The van der Waals surface area contributed by atoms with Crippen LogP contribution in [0.15, 0.2) is 14.7 Å². The number of sulfonamides is 1. The molecule has 2 N–H and O–H groups in total. The highest BCUT2D eigenvalue weighted by molar-refractivity contribution is 9.11. The number of carboxylic acid groups (broad SMARTS) is 1. The molecule has 0 saturated carbocycles. The molecule has 1 atom stereocenters. The van der Waals surface area contributed by atoms with Gasteiger partial charge in [0, 0.05) is 4.88 Å². The molecule has 0 bridgehead atoms. The molecule has 114 valence electrons. The van der Waals surface area contributed by atoms with E-state index in [1.165, 1.54) is 11.6 Å². The number of aryl methyl sites for hydroxylation is 1. The van der Waals surface area contributed by atoms with Crippen LogP contribution in [0.3, 0.4) is 0 Å². The van der Waals surface area contributed by atoms with Crippen LogP contribution < -0.4 is 4.72 Å². The second kappa shape index (κ2) is 5.28. The number of nitrogens with one attached hydrogen (secondary N) is 1. The highest BCUT2D eigenvalue weighted by atomic mass is 79.9. The molecule has 0 fully saturated rings. The van der Waals surface area contributed by atoms with Crippen molar-refractivity contribution in [2.75, 3.05) is 0 Å². The summed E-state index contributed by atoms with van der Waals surface area (Å²) in [6.07, 6.45) is -5.28. The predicted octanol–water partition coefficient (Wildman–Crippen LogP) is 2.50. The van der Waals surface area contributed by atoms with Crippen molar-refractivity contribution in [3.63, 3.8) is 0 Å². The standard InChI is InChI=1S/C9H9BrF3NO4S2/c1-4-5(3-6(10)19-4)20(17,18)14-8(2,7(15)16)9(11,12)13/h3,14H,1-2H3,(H,15,16). The molecule has 0 amide bonds. The van der Waals surface area contributed by atoms with E-state index >= 15 is 0 Å². The van der Waals surface area contributed by atoms with Gasteiger partial charge in [-0.25, -0.2) is 13.2 Å². The van der Waals surface area contributed by atoms with Crippen molar-refractivity contribution in [3.05, 3.63) is 14.7 Å². The number of halogens is 4. The Morgan fingerprint density at radius 3 is 2.25 bits per heavy atom. The SMILES string of the molecule is Cc1sc(Br)cc1S(=O)(=O)NC(C)(C(=O)O)C(F)(F)F. The predicted molar refractivity (Wildman–Crippen MR) is 69.2 cm³/mol. The van der Waals surface area contributed by atoms with Crippen molar-refractivity contribution in [2.45, 2.75) is 30.5 Å². The Morgan fingerprint density at radius 2 is 1.95 bits per heavy atom. The molecule has 0 aliphatic carbocycles. The van der Waals surface area contributed by atoms with Crippen LogP contribution >= 0.6 is 27.3 Å². The maximum absolute atomic E-state index is 12.8. The number of carbonyl (C=O) groups is 1. The van der Waals surface area contributed by atoms with Gasteiger partial charge in [-0.3, -0.25) is 0 Å². The summed E-state index contributed by atoms with van der Waals surface area (Å²) in [4.78, 5) is 10.7. The molecular weight excluding hydrogens is 387 g/mol. The lowest BCUT2D eigenvalue weighted by atomic mass is 10.0. The lowest BCUT2D eigenvalue weighted by molar-refractivity contribution is -0.201. The number of hydrogen-bond donors (Lipinski definition) is 2. The van der Waals surface area contributed by atoms with Crippen LogP contribution in [-0.2, 0) is 14.8 Å². The number of alkyl halides is 3. The maximum Gasteiger partial charge on any atom is 0.418 e. The lowest BCUT2D eigenvalue weighted by Crippen LogP contribution is -2.61. The first-order valence-corrected chi connectivity index (χ1v) is 8.00. The fourth-order valence-corrected chi connectivity index (χ4v) is 5.01. The second-order valence-corrected chi connectivity index (χ2v) is 8.29. The van der Waals surface area contributed by atoms with Gasteiger partial charge in [0.2, 0.25) is 15.6 Å². The highest BCUT2D eigenvalue weighted by Crippen LogP contribution is 2.34. The van der Waals surface area contributed by atoms with Gasteiger partial charge in [-0.05, 0) is 35.8 Å². The fourth-order valence-electron chi connectivity index (χ4n) is 1.24. The van der Waals surface area contributed by atoms with Crippen LogP contribution in [0.1, 0.15) is 11.8 Å². The normalized spacial score (nSPS) is 15.9. The van der Waals surface area contributed by atoms with Crippen LogP contribution in [0.25, 0.3) is 0 Å². The molecule has 0 aliphatic rings. The molecule has 0 spiro atoms. The van der Waals surface area contributed by atoms with E-state index in [-0.39, 0.29) is 11.8 Å². The molecule has 0 aliphatic heterocycles. The third kappa shape index (κ3) is 3.15. The van der Waals surface area contributed by atoms with Gasteiger partial charge in [0.15, 0.2) is 0 Å². The minimum Gasteiger partial charge on any atom is -0.480 e. The summed E-state index contributed by atoms with van der Waals surface area (Å²) < 4.78 is 63.9. The van der Waals surface area contributed by atoms with Gasteiger partial charge in [0.25, 0.3) is 0 Å². The first kappa shape index (κ1) is 17.4. The summed E-state index contributed by atoms with van der Waals surface area (Å²) in [6, 6.07) is 1.11. The molecule has 1 rings (SSSR count). The number of thiophene rings is 1. The number of hydrogen-bond acceptors (Lipinski definition) is 4. The molecular formula is C9H9BrF3NO4S2. The molecule has 1 unspecified atom stereocenters. The summed E-state index contributed by atoms with van der Waals surface area (Å²) in [6.45, 7) is 1.65. The molecule has 5 nitrogen and oxygen atoms in total. The third-order valence-corrected chi connectivity index (χ3v) is 5.83. The molecule has 1 aromatic rings. The zero-order valence-corrected chi connectivity index (χ0v) is 13.3. The summed E-state index contributed by atoms with van der Waals surface area (Å²) in [5.41, 5.74) is -3.60. The summed E-state index contributed by atoms with van der Waals surface area (Å²) >= 11 is 4.02. The van der Waals surface area contributed by atoms with Crippen molar-refractivity contribution in [2.24, 2.45) is 0 Å². The van der Waals surface area contributed by atoms with Crippen molar-refractivity contribution in [3.8, 4) is 0 Å². The van der Waals surface area contributed by atoms with Gasteiger partial charge in [-0.2, -0.15) is 17.9 Å². The first-order valence-electron chi connectivity index (χ1n) is 4.91. The van der Waals surface area contributed by atoms with Gasteiger partial charge in [-0.1, -0.05) is 0 Å². The summed E-state index contributed by atoms with van der Waals surface area (Å²) in [7, 11) is -4.63. The van der Waals surface area contributed by atoms with Gasteiger partial charge >= 0.3 is 12.1 Å². The van der Waals surface area contributed by atoms with Gasteiger partial charge in [-0.15, -0.1) is 11.3 Å². The zero-order valence-electron chi connectivity index (χ0n) is 10.1. The molecule has 0 radical (unpaired) electrons. The molecule has 0 aromatic carbocycles. The Balaban J connectivity index is 3.31. The molecule has 1 aromatic heterocycles. The average Bonchev–Trinajstić information content (AvgIpc) is 2.55. The van der Waals surface area contributed by atoms with E-state index in [9.17, 15) is 26.4 Å². The van der Waals surface area contributed by atoms with Crippen LogP contribution in [0.2, 0.25) is 0 Å². The molecule has 20 heavy (non-hydrogen) atoms. The number of rotatable bonds is 4. The smallest absolute Gasteiger partial charge is 0.418 e. The summed E-state index contributed by atoms with van der Waals surface area (Å²) in [5.74, 6) is -2.33. The van der Waals surface area contributed by atoms with Crippen molar-refractivity contribution < 1.29 is 31.5 Å². The van der Waals surface area contributed by atoms with E-state index in [1.54, 1.807) is 0 Å². The van der Waals surface area contributed by atoms with Crippen LogP contribution in [0.5, 0.6) is 0 Å². The monoisotopic (exact) mass is 395 g/mol. The summed E-state index contributed by atoms with van der Waals surface area (Å²) in [5, 5.41) is 8.70. The van der Waals surface area contributed by atoms with Crippen molar-refractivity contribution in [1.82, 2.24) is 4.72 Å². The van der Waals surface area contributed by atoms with Gasteiger partial charge in [0.1, 0.15) is 0 Å². The molecule has 1 heterocycles. The van der Waals surface area contributed by atoms with Gasteiger partial charge in [0.05, 0.1) is 8.68 Å². The van der Waals surface area contributed by atoms with E-state index in [4.69, 9.17) is 5.11 Å². The fraction of sp³-hybridized carbons (Fsp3) is 0.444. The molecule has 11 heteroatoms. The quantitative estimate of drug-likeness (QED) is 0.820. The molecule has 0 saturated heterocycles. The van der Waals surface area contributed by atoms with E-state index in [1.807, 2.05) is 0 Å². The Kier molecular flexibility index (Phi) is 4.59. The topological polar surface area (TPSA) is 83.5 Å². The average molecular weight is 396 g/mol. The second-order valence-electron chi connectivity index (χ2n) is 4.00. The van der Waals surface area contributed by atoms with Crippen molar-refractivity contribution in [1.29, 1.82) is 0 Å². The minimum absolute atomic E-state index is 0.235. The Bertz CT molecular complexity index is 640. The zero-order chi connectivity index (χ0) is 15.9.